The van der Waals surface area contributed by atoms with Gasteiger partial charge in [0, 0.05) is 16.3 Å². The molecule has 0 unspecified atom stereocenters. The number of nitrogens with zero attached hydrogens (tertiary/aromatic N) is 2. The molecule has 4 rings (SSSR count). The molecule has 8 heteroatoms. The summed E-state index contributed by atoms with van der Waals surface area (Å²) in [5, 5.41) is 19.9. The first-order chi connectivity index (χ1) is 13.6. The van der Waals surface area contributed by atoms with Crippen molar-refractivity contribution in [2.24, 2.45) is 4.99 Å². The van der Waals surface area contributed by atoms with Crippen LogP contribution in [0.5, 0.6) is 5.75 Å². The molecule has 0 atom stereocenters. The molecular formula is C20H10Br2N2O4. The molecule has 138 valence electrons. The first kappa shape index (κ1) is 18.3. The van der Waals surface area contributed by atoms with E-state index in [2.05, 4.69) is 42.9 Å². The van der Waals surface area contributed by atoms with Gasteiger partial charge in [0.1, 0.15) is 29.4 Å². The summed E-state index contributed by atoms with van der Waals surface area (Å²) >= 11 is 6.65. The summed E-state index contributed by atoms with van der Waals surface area (Å²) in [4.78, 5) is 4.30. The van der Waals surface area contributed by atoms with Gasteiger partial charge in [0.2, 0.25) is 5.88 Å². The number of phenolic OH excluding ortho intramolecular Hbond substituents is 1. The highest BCUT2D eigenvalue weighted by Gasteiger charge is 2.25. The molecule has 0 saturated carbocycles. The Morgan fingerprint density at radius 3 is 2.71 bits per heavy atom. The standard InChI is InChI=1S/C20H10Br2N2O4/c21-13-6-12(18(25)15(22)7-13)9-24-20-14(8-23)17(16-2-1-4-27-16)19(28-20)11-3-5-26-10-11/h1-7,9-10,25H. The Morgan fingerprint density at radius 1 is 1.18 bits per heavy atom. The van der Waals surface area contributed by atoms with E-state index in [-0.39, 0.29) is 17.2 Å². The summed E-state index contributed by atoms with van der Waals surface area (Å²) in [5.41, 5.74) is 1.81. The van der Waals surface area contributed by atoms with Crippen LogP contribution < -0.4 is 0 Å². The molecule has 3 aromatic heterocycles. The summed E-state index contributed by atoms with van der Waals surface area (Å²) < 4.78 is 17.8. The summed E-state index contributed by atoms with van der Waals surface area (Å²) in [6.07, 6.45) is 5.96. The second-order valence-corrected chi connectivity index (χ2v) is 7.44. The lowest BCUT2D eigenvalue weighted by molar-refractivity contribution is 0.471. The Hall–Kier alpha value is -3.02. The monoisotopic (exact) mass is 500 g/mol. The van der Waals surface area contributed by atoms with Gasteiger partial charge in [0.05, 0.1) is 28.1 Å². The van der Waals surface area contributed by atoms with Gasteiger partial charge in [0.25, 0.3) is 0 Å². The van der Waals surface area contributed by atoms with Crippen molar-refractivity contribution < 1.29 is 18.4 Å². The van der Waals surface area contributed by atoms with Gasteiger partial charge in [-0.1, -0.05) is 15.9 Å². The lowest BCUT2D eigenvalue weighted by Crippen LogP contribution is -1.84. The van der Waals surface area contributed by atoms with Crippen LogP contribution in [0.3, 0.4) is 0 Å². The minimum Gasteiger partial charge on any atom is -0.506 e. The van der Waals surface area contributed by atoms with E-state index in [0.29, 0.717) is 32.7 Å². The van der Waals surface area contributed by atoms with Crippen LogP contribution in [-0.4, -0.2) is 11.3 Å². The van der Waals surface area contributed by atoms with Crippen LogP contribution in [-0.2, 0) is 0 Å². The van der Waals surface area contributed by atoms with E-state index in [4.69, 9.17) is 13.3 Å². The Labute approximate surface area is 176 Å². The average molecular weight is 502 g/mol. The van der Waals surface area contributed by atoms with Crippen molar-refractivity contribution in [3.63, 3.8) is 0 Å². The second kappa shape index (κ2) is 7.54. The molecule has 0 saturated heterocycles. The van der Waals surface area contributed by atoms with E-state index in [1.807, 2.05) is 0 Å². The maximum absolute atomic E-state index is 10.2. The van der Waals surface area contributed by atoms with Gasteiger partial charge >= 0.3 is 0 Å². The second-order valence-electron chi connectivity index (χ2n) is 5.67. The number of rotatable bonds is 4. The van der Waals surface area contributed by atoms with Gasteiger partial charge in [-0.3, -0.25) is 0 Å². The van der Waals surface area contributed by atoms with Gasteiger partial charge in [-0.05, 0) is 46.3 Å². The van der Waals surface area contributed by atoms with Gasteiger partial charge in [-0.15, -0.1) is 0 Å². The van der Waals surface area contributed by atoms with E-state index in [1.54, 1.807) is 30.3 Å². The number of aromatic hydroxyl groups is 1. The van der Waals surface area contributed by atoms with Gasteiger partial charge in [-0.25, -0.2) is 4.99 Å². The fourth-order valence-electron chi connectivity index (χ4n) is 2.68. The maximum Gasteiger partial charge on any atom is 0.238 e. The van der Waals surface area contributed by atoms with Crippen molar-refractivity contribution in [2.45, 2.75) is 0 Å². The number of nitriles is 1. The highest BCUT2D eigenvalue weighted by atomic mass is 79.9. The quantitative estimate of drug-likeness (QED) is 0.315. The minimum absolute atomic E-state index is 0.0262. The predicted molar refractivity (Wildman–Crippen MR) is 110 cm³/mol. The predicted octanol–water partition coefficient (Wildman–Crippen LogP) is 6.65. The van der Waals surface area contributed by atoms with E-state index >= 15 is 0 Å². The van der Waals surface area contributed by atoms with Crippen molar-refractivity contribution >= 4 is 44.0 Å². The Kier molecular flexibility index (Phi) is 4.94. The molecule has 1 N–H and O–H groups in total. The molecule has 0 radical (unpaired) electrons. The molecule has 6 nitrogen and oxygen atoms in total. The molecular weight excluding hydrogens is 492 g/mol. The van der Waals surface area contributed by atoms with Gasteiger partial charge in [-0.2, -0.15) is 5.26 Å². The third-order valence-corrected chi connectivity index (χ3v) is 4.99. The number of aliphatic imine (C=N–C) groups is 1. The molecule has 0 spiro atoms. The number of phenols is 1. The van der Waals surface area contributed by atoms with Crippen LogP contribution in [0, 0.1) is 11.3 Å². The van der Waals surface area contributed by atoms with E-state index in [9.17, 15) is 10.4 Å². The first-order valence-electron chi connectivity index (χ1n) is 7.94. The van der Waals surface area contributed by atoms with Crippen LogP contribution in [0.1, 0.15) is 11.1 Å². The number of hydrogen-bond donors (Lipinski definition) is 1. The summed E-state index contributed by atoms with van der Waals surface area (Å²) in [5.74, 6) is 1.01. The zero-order chi connectivity index (χ0) is 19.7. The number of benzene rings is 1. The Morgan fingerprint density at radius 2 is 2.04 bits per heavy atom. The molecule has 0 bridgehead atoms. The normalized spacial score (nSPS) is 11.2. The number of furan rings is 3. The van der Waals surface area contributed by atoms with Crippen molar-refractivity contribution in [1.82, 2.24) is 0 Å². The third kappa shape index (κ3) is 3.30. The van der Waals surface area contributed by atoms with Crippen LogP contribution >= 0.6 is 31.9 Å². The zero-order valence-corrected chi connectivity index (χ0v) is 17.2. The van der Waals surface area contributed by atoms with E-state index in [0.717, 1.165) is 4.47 Å². The number of hydrogen-bond acceptors (Lipinski definition) is 6. The highest BCUT2D eigenvalue weighted by Crippen LogP contribution is 2.43. The fourth-order valence-corrected chi connectivity index (χ4v) is 3.94. The van der Waals surface area contributed by atoms with E-state index in [1.165, 1.54) is 25.0 Å². The van der Waals surface area contributed by atoms with Crippen molar-refractivity contribution in [3.8, 4) is 34.5 Å². The first-order valence-corrected chi connectivity index (χ1v) is 9.52. The molecule has 28 heavy (non-hydrogen) atoms. The number of halogens is 2. The van der Waals surface area contributed by atoms with E-state index < -0.39 is 0 Å². The molecule has 4 aromatic rings. The summed E-state index contributed by atoms with van der Waals surface area (Å²) in [6, 6.07) is 10.7. The molecule has 1 aromatic carbocycles. The smallest absolute Gasteiger partial charge is 0.238 e. The molecule has 3 heterocycles. The van der Waals surface area contributed by atoms with Gasteiger partial charge in [0.15, 0.2) is 5.76 Å². The Balaban J connectivity index is 1.87. The largest absolute Gasteiger partial charge is 0.506 e. The lowest BCUT2D eigenvalue weighted by atomic mass is 10.1. The topological polar surface area (TPSA) is 95.8 Å². The highest BCUT2D eigenvalue weighted by molar-refractivity contribution is 9.11. The summed E-state index contributed by atoms with van der Waals surface area (Å²) in [7, 11) is 0. The molecule has 0 fully saturated rings. The molecule has 0 amide bonds. The third-order valence-electron chi connectivity index (χ3n) is 3.93. The van der Waals surface area contributed by atoms with Crippen molar-refractivity contribution in [3.05, 3.63) is 69.2 Å². The van der Waals surface area contributed by atoms with Crippen LogP contribution in [0.4, 0.5) is 5.88 Å². The summed E-state index contributed by atoms with van der Waals surface area (Å²) in [6.45, 7) is 0. The van der Waals surface area contributed by atoms with Crippen molar-refractivity contribution in [2.75, 3.05) is 0 Å². The SMILES string of the molecule is N#Cc1c(N=Cc2cc(Br)cc(Br)c2O)oc(-c2ccoc2)c1-c1ccco1. The fraction of sp³-hybridized carbons (Fsp3) is 0. The average Bonchev–Trinajstić information content (AvgIpc) is 3.42. The molecule has 0 aliphatic heterocycles. The van der Waals surface area contributed by atoms with Crippen molar-refractivity contribution in [1.29, 1.82) is 5.26 Å². The maximum atomic E-state index is 10.2. The van der Waals surface area contributed by atoms with Crippen LogP contribution in [0.15, 0.2) is 76.3 Å². The van der Waals surface area contributed by atoms with Crippen LogP contribution in [0.2, 0.25) is 0 Å². The Bertz CT molecular complexity index is 1200. The van der Waals surface area contributed by atoms with Crippen LogP contribution in [0.25, 0.3) is 22.6 Å². The molecule has 0 aliphatic rings. The lowest BCUT2D eigenvalue weighted by Gasteiger charge is -2.02. The van der Waals surface area contributed by atoms with Gasteiger partial charge < -0.3 is 18.4 Å². The minimum atomic E-state index is 0.0262. The molecule has 0 aliphatic carbocycles. The zero-order valence-electron chi connectivity index (χ0n) is 14.0.